The van der Waals surface area contributed by atoms with Crippen LogP contribution in [0.4, 0.5) is 0 Å². The summed E-state index contributed by atoms with van der Waals surface area (Å²) in [5.74, 6) is -0.799. The number of carbonyl (C=O) groups excluding carboxylic acids is 2. The van der Waals surface area contributed by atoms with E-state index in [0.29, 0.717) is 80.3 Å². The number of aliphatic hydroxyl groups excluding tert-OH is 2. The van der Waals surface area contributed by atoms with E-state index in [4.69, 9.17) is 85.3 Å². The van der Waals surface area contributed by atoms with Crippen LogP contribution in [0.2, 0.25) is 0 Å². The number of thiol groups is 1. The largest absolute Gasteiger partial charge is 0.392 e. The molecular formula is C80H115ArIO22S. The molecule has 20 heterocycles. The molecule has 20 fully saturated rings. The Labute approximate surface area is 668 Å². The maximum absolute atomic E-state index is 14.1. The monoisotopic (exact) mass is 1630 g/mol. The summed E-state index contributed by atoms with van der Waals surface area (Å²) >= 11 is 6.52. The van der Waals surface area contributed by atoms with Gasteiger partial charge in [-0.3, -0.25) is 9.59 Å². The van der Waals surface area contributed by atoms with Crippen LogP contribution in [-0.4, -0.2) is 253 Å². The standard InChI is InChI=1S/C40H57IO11.C40H58O11S.Ar/c1-19-11-24-5-7-28-20(2)12-26(45-28)9-10-40-17-33-36(51-40)37-38(50-33)39(52-40)35-29(49-37)8-6-25(47-35)13-22(42)14-27-31(16-30(46-24)21(19)3)48-32(34(27)44-4)15-23(43)18-41;1-19-11-24-5-7-28-20(2)12-26(44-28)9-10-40-17-33-36(50-40)37-38(49-33)39(51-40)35-29(48-37)8-6-25(46-35)13-22(41)14-27-31(16-30(45-24)21(19)3)47-32(34(27)43-4)15-23(42)18-52;/h19,23-39,43H,2-3,5-18H2,1,4H3;19,23-39,42,52H,2-3,5-18H2,1,4H3;. The second-order valence-electron chi connectivity index (χ2n) is 34.7. The molecular weight excluding hydrogens is 1510 g/mol. The van der Waals surface area contributed by atoms with E-state index >= 15 is 0 Å². The molecule has 20 rings (SSSR count). The zero-order chi connectivity index (χ0) is 71.8. The Bertz CT molecular complexity index is 2970. The predicted molar refractivity (Wildman–Crippen MR) is 387 cm³/mol. The van der Waals surface area contributed by atoms with Crippen molar-refractivity contribution in [3.05, 3.63) is 48.6 Å². The van der Waals surface area contributed by atoms with Gasteiger partial charge in [0.2, 0.25) is 0 Å². The van der Waals surface area contributed by atoms with E-state index in [1.807, 2.05) is 0 Å². The van der Waals surface area contributed by atoms with Gasteiger partial charge in [-0.15, -0.1) is 0 Å². The van der Waals surface area contributed by atoms with E-state index in [2.05, 4.69) is 75.4 Å². The number of Topliss-reactive ketones (excluding diaryl/α,β-unsaturated/α-hetero) is 2. The smallest absolute Gasteiger partial charge is 0.172 e. The average Bonchev–Trinajstić information content (AvgIpc) is 1.83. The topological polar surface area (TPSA) is 241 Å². The van der Waals surface area contributed by atoms with Crippen molar-refractivity contribution >= 4 is 46.8 Å². The van der Waals surface area contributed by atoms with Gasteiger partial charge in [-0.05, 0) is 124 Å². The predicted octanol–water partition coefficient (Wildman–Crippen LogP) is 9.32. The molecule has 24 bridgehead atoms. The van der Waals surface area contributed by atoms with Gasteiger partial charge in [0.05, 0.1) is 134 Å². The van der Waals surface area contributed by atoms with Crippen LogP contribution in [0.1, 0.15) is 181 Å². The first-order chi connectivity index (χ1) is 50.2. The zero-order valence-electron chi connectivity index (χ0n) is 61.7. The summed E-state index contributed by atoms with van der Waals surface area (Å²) in [7, 11) is 3.36. The molecule has 0 saturated carbocycles. The molecule has 0 aromatic rings. The molecule has 20 aliphatic heterocycles. The molecule has 25 heteroatoms. The normalized spacial score (nSPS) is 51.9. The second kappa shape index (κ2) is 32.5. The van der Waals surface area contributed by atoms with Gasteiger partial charge in [-0.1, -0.05) is 62.8 Å². The number of ketones is 2. The molecule has 105 heavy (non-hydrogen) atoms. The summed E-state index contributed by atoms with van der Waals surface area (Å²) in [6, 6.07) is 0. The van der Waals surface area contributed by atoms with Gasteiger partial charge >= 0.3 is 0 Å². The minimum absolute atomic E-state index is 0. The Morgan fingerprint density at radius 3 is 1.26 bits per heavy atom. The van der Waals surface area contributed by atoms with E-state index in [1.54, 1.807) is 14.2 Å². The number of hydrogen-bond donors (Lipinski definition) is 3. The first kappa shape index (κ1) is 78.7. The van der Waals surface area contributed by atoms with Crippen LogP contribution in [-0.2, 0) is 94.9 Å². The SMILES string of the molecule is C=C1CC2CCC34CC5OC6C(OC7CCC(CC(=O)CC8C(CC9OC(CCC1O2)CC(C)C9=C)OC(CC(O)CI)C8OC)OC7C6O3)C5O4.C=C1CC2CCC34CC5OC6C(OC7CCC(CC(=O)CC8C(CC9OC(CCC1O2)CC(C)C9=C)OC(CC(O)CS)C8OC)OC7C6O3)C5O4.[Ar]. The van der Waals surface area contributed by atoms with Crippen LogP contribution in [0.25, 0.3) is 0 Å². The second-order valence-corrected chi connectivity index (χ2v) is 36.0. The Morgan fingerprint density at radius 1 is 0.438 bits per heavy atom. The number of rotatable bonds is 8. The number of hydrogen-bond acceptors (Lipinski definition) is 23. The van der Waals surface area contributed by atoms with E-state index in [-0.39, 0.29) is 263 Å². The van der Waals surface area contributed by atoms with Gasteiger partial charge in [-0.2, -0.15) is 12.6 Å². The van der Waals surface area contributed by atoms with Crippen LogP contribution in [0.3, 0.4) is 0 Å². The van der Waals surface area contributed by atoms with E-state index in [1.165, 1.54) is 0 Å². The summed E-state index contributed by atoms with van der Waals surface area (Å²) in [4.78, 5) is 28.1. The summed E-state index contributed by atoms with van der Waals surface area (Å²) in [5.41, 5.74) is 4.43. The first-order valence-electron chi connectivity index (χ1n) is 40.1. The number of fused-ring (bicyclic) bond motifs is 12. The fourth-order valence-electron chi connectivity index (χ4n) is 22.5. The van der Waals surface area contributed by atoms with Crippen LogP contribution in [0.15, 0.2) is 48.6 Å². The van der Waals surface area contributed by atoms with Crippen molar-refractivity contribution in [1.82, 2.24) is 0 Å². The Hall–Kier alpha value is -0.160. The fourth-order valence-corrected chi connectivity index (χ4v) is 23.0. The molecule has 0 radical (unpaired) electrons. The number of halogens is 1. The molecule has 0 amide bonds. The van der Waals surface area contributed by atoms with E-state index < -0.39 is 23.8 Å². The number of carbonyl (C=O) groups is 2. The molecule has 38 unspecified atom stereocenters. The Balaban J connectivity index is 0.000000160. The molecule has 2 spiro atoms. The summed E-state index contributed by atoms with van der Waals surface area (Å²) < 4.78 is 121. The summed E-state index contributed by atoms with van der Waals surface area (Å²) in [6.45, 7) is 22.3. The molecule has 0 aromatic heterocycles. The maximum atomic E-state index is 14.1. The van der Waals surface area contributed by atoms with Crippen LogP contribution in [0.5, 0.6) is 0 Å². The molecule has 0 aliphatic carbocycles. The zero-order valence-corrected chi connectivity index (χ0v) is 65.4. The number of aliphatic hydroxyl groups is 2. The van der Waals surface area contributed by atoms with Gasteiger partial charge in [0.1, 0.15) is 72.6 Å². The van der Waals surface area contributed by atoms with Crippen molar-refractivity contribution in [2.75, 3.05) is 24.4 Å². The number of alkyl halides is 1. The molecule has 588 valence electrons. The van der Waals surface area contributed by atoms with Gasteiger partial charge in [0.15, 0.2) is 11.6 Å². The third-order valence-electron chi connectivity index (χ3n) is 27.8. The maximum Gasteiger partial charge on any atom is 0.172 e. The van der Waals surface area contributed by atoms with Crippen LogP contribution >= 0.6 is 35.2 Å². The quantitative estimate of drug-likeness (QED) is 0.0887. The average molecular weight is 1630 g/mol. The molecule has 0 aromatic carbocycles. The Morgan fingerprint density at radius 2 is 0.829 bits per heavy atom. The third kappa shape index (κ3) is 15.7. The van der Waals surface area contributed by atoms with Crippen LogP contribution in [0, 0.1) is 61.4 Å². The van der Waals surface area contributed by atoms with Crippen LogP contribution < -0.4 is 0 Å². The van der Waals surface area contributed by atoms with Crippen molar-refractivity contribution in [2.45, 2.75) is 388 Å². The third-order valence-corrected chi connectivity index (χ3v) is 29.2. The molecule has 38 atom stereocenters. The minimum atomic E-state index is -0.777. The molecule has 20 aliphatic rings. The van der Waals surface area contributed by atoms with Crippen molar-refractivity contribution in [2.24, 2.45) is 23.7 Å². The minimum Gasteiger partial charge on any atom is -0.392 e. The molecule has 20 saturated heterocycles. The molecule has 2 N–H and O–H groups in total. The van der Waals surface area contributed by atoms with Crippen molar-refractivity contribution in [3.63, 3.8) is 0 Å². The summed E-state index contributed by atoms with van der Waals surface area (Å²) in [6.07, 6.45) is 10.8. The number of methoxy groups -OCH3 is 2. The van der Waals surface area contributed by atoms with E-state index in [9.17, 15) is 19.8 Å². The van der Waals surface area contributed by atoms with Gasteiger partial charge in [0.25, 0.3) is 0 Å². The van der Waals surface area contributed by atoms with Gasteiger partial charge in [-0.25, -0.2) is 0 Å². The van der Waals surface area contributed by atoms with Gasteiger partial charge in [0, 0.05) is 151 Å². The van der Waals surface area contributed by atoms with Crippen molar-refractivity contribution < 1.29 is 143 Å². The number of ether oxygens (including phenoxy) is 18. The first-order valence-corrected chi connectivity index (χ1v) is 42.3. The molecule has 22 nitrogen and oxygen atoms in total. The summed E-state index contributed by atoms with van der Waals surface area (Å²) in [5, 5.41) is 21.2. The van der Waals surface area contributed by atoms with Gasteiger partial charge < -0.3 is 95.5 Å². The van der Waals surface area contributed by atoms with Crippen molar-refractivity contribution in [3.8, 4) is 0 Å². The van der Waals surface area contributed by atoms with Crippen molar-refractivity contribution in [1.29, 1.82) is 0 Å². The van der Waals surface area contributed by atoms with E-state index in [0.717, 1.165) is 112 Å². The Kier molecular flexibility index (Phi) is 24.4. The fraction of sp³-hybridized carbons (Fsp3) is 0.875.